The van der Waals surface area contributed by atoms with Crippen molar-refractivity contribution in [3.8, 4) is 0 Å². The van der Waals surface area contributed by atoms with E-state index in [9.17, 15) is 0 Å². The fourth-order valence-corrected chi connectivity index (χ4v) is 2.49. The third-order valence-corrected chi connectivity index (χ3v) is 4.07. The molecule has 2 nitrogen and oxygen atoms in total. The Balaban J connectivity index is 1.64. The van der Waals surface area contributed by atoms with Crippen LogP contribution >= 0.6 is 11.3 Å². The molecule has 0 spiro atoms. The number of nitrogens with one attached hydrogen (secondary N) is 1. The molecule has 0 saturated heterocycles. The smallest absolute Gasteiger partial charge is 0.0241 e. The lowest BCUT2D eigenvalue weighted by Gasteiger charge is -2.24. The highest BCUT2D eigenvalue weighted by Gasteiger charge is 2.20. The van der Waals surface area contributed by atoms with Crippen LogP contribution in [-0.4, -0.2) is 30.6 Å². The molecule has 1 aliphatic carbocycles. The predicted octanol–water partition coefficient (Wildman–Crippen LogP) is 2.71. The second kappa shape index (κ2) is 5.80. The first-order chi connectivity index (χ1) is 7.75. The SMILES string of the molecule is CC(CCNC1CC1)N(C)Cc1ccsc1. The van der Waals surface area contributed by atoms with Crippen LogP contribution in [0.3, 0.4) is 0 Å². The Morgan fingerprint density at radius 2 is 2.38 bits per heavy atom. The molecule has 1 atom stereocenters. The van der Waals surface area contributed by atoms with Crippen molar-refractivity contribution < 1.29 is 0 Å². The first-order valence-electron chi connectivity index (χ1n) is 6.20. The van der Waals surface area contributed by atoms with Gasteiger partial charge >= 0.3 is 0 Å². The minimum atomic E-state index is 0.658. The van der Waals surface area contributed by atoms with Gasteiger partial charge in [-0.25, -0.2) is 0 Å². The molecule has 1 N–H and O–H groups in total. The van der Waals surface area contributed by atoms with Crippen LogP contribution in [0.25, 0.3) is 0 Å². The van der Waals surface area contributed by atoms with Crippen molar-refractivity contribution in [3.05, 3.63) is 22.4 Å². The van der Waals surface area contributed by atoms with Crippen molar-refractivity contribution >= 4 is 11.3 Å². The summed E-state index contributed by atoms with van der Waals surface area (Å²) in [4.78, 5) is 2.44. The third kappa shape index (κ3) is 3.89. The number of rotatable bonds is 7. The van der Waals surface area contributed by atoms with Gasteiger partial charge in [0.15, 0.2) is 0 Å². The summed E-state index contributed by atoms with van der Waals surface area (Å²) in [7, 11) is 2.22. The van der Waals surface area contributed by atoms with Crippen LogP contribution in [0.5, 0.6) is 0 Å². The molecule has 1 saturated carbocycles. The van der Waals surface area contributed by atoms with Crippen molar-refractivity contribution in [1.82, 2.24) is 10.2 Å². The predicted molar refractivity (Wildman–Crippen MR) is 70.9 cm³/mol. The van der Waals surface area contributed by atoms with Gasteiger partial charge in [0.25, 0.3) is 0 Å². The number of thiophene rings is 1. The molecule has 16 heavy (non-hydrogen) atoms. The molecular weight excluding hydrogens is 216 g/mol. The zero-order valence-corrected chi connectivity index (χ0v) is 11.1. The minimum absolute atomic E-state index is 0.658. The zero-order valence-electron chi connectivity index (χ0n) is 10.3. The molecular formula is C13H22N2S. The average molecular weight is 238 g/mol. The summed E-state index contributed by atoms with van der Waals surface area (Å²) < 4.78 is 0. The third-order valence-electron chi connectivity index (χ3n) is 3.34. The molecule has 0 amide bonds. The molecule has 3 heteroatoms. The van der Waals surface area contributed by atoms with Gasteiger partial charge < -0.3 is 5.32 Å². The standard InChI is InChI=1S/C13H22N2S/c1-11(5-7-14-13-3-4-13)15(2)9-12-6-8-16-10-12/h6,8,10-11,13-14H,3-5,7,9H2,1-2H3. The van der Waals surface area contributed by atoms with E-state index in [0.29, 0.717) is 6.04 Å². The highest BCUT2D eigenvalue weighted by molar-refractivity contribution is 7.07. The maximum atomic E-state index is 3.58. The van der Waals surface area contributed by atoms with Gasteiger partial charge in [-0.3, -0.25) is 4.90 Å². The molecule has 1 fully saturated rings. The fraction of sp³-hybridized carbons (Fsp3) is 0.692. The van der Waals surface area contributed by atoms with Crippen LogP contribution in [0, 0.1) is 0 Å². The van der Waals surface area contributed by atoms with Gasteiger partial charge in [0.2, 0.25) is 0 Å². The molecule has 0 aromatic carbocycles. The lowest BCUT2D eigenvalue weighted by Crippen LogP contribution is -2.32. The topological polar surface area (TPSA) is 15.3 Å². The lowest BCUT2D eigenvalue weighted by molar-refractivity contribution is 0.236. The van der Waals surface area contributed by atoms with Crippen LogP contribution in [0.2, 0.25) is 0 Å². The Kier molecular flexibility index (Phi) is 4.38. The van der Waals surface area contributed by atoms with Crippen LogP contribution in [0.4, 0.5) is 0 Å². The van der Waals surface area contributed by atoms with Crippen LogP contribution < -0.4 is 5.32 Å². The molecule has 2 rings (SSSR count). The molecule has 1 heterocycles. The Bertz CT molecular complexity index is 293. The van der Waals surface area contributed by atoms with E-state index in [-0.39, 0.29) is 0 Å². The van der Waals surface area contributed by atoms with Crippen LogP contribution in [0.15, 0.2) is 16.8 Å². The maximum absolute atomic E-state index is 3.58. The summed E-state index contributed by atoms with van der Waals surface area (Å²) in [6.45, 7) is 4.56. The highest BCUT2D eigenvalue weighted by atomic mass is 32.1. The summed E-state index contributed by atoms with van der Waals surface area (Å²) in [5.41, 5.74) is 1.44. The van der Waals surface area contributed by atoms with Crippen LogP contribution in [-0.2, 0) is 6.54 Å². The van der Waals surface area contributed by atoms with E-state index in [2.05, 4.69) is 41.0 Å². The molecule has 1 aliphatic rings. The maximum Gasteiger partial charge on any atom is 0.0241 e. The van der Waals surface area contributed by atoms with E-state index >= 15 is 0 Å². The Labute approximate surface area is 103 Å². The molecule has 1 unspecified atom stereocenters. The molecule has 0 radical (unpaired) electrons. The molecule has 1 aromatic heterocycles. The summed E-state index contributed by atoms with van der Waals surface area (Å²) in [6, 6.07) is 3.72. The quantitative estimate of drug-likeness (QED) is 0.786. The molecule has 1 aromatic rings. The van der Waals surface area contributed by atoms with E-state index < -0.39 is 0 Å². The van der Waals surface area contributed by atoms with Gasteiger partial charge in [-0.15, -0.1) is 0 Å². The molecule has 90 valence electrons. The fourth-order valence-electron chi connectivity index (χ4n) is 1.83. The minimum Gasteiger partial charge on any atom is -0.314 e. The Morgan fingerprint density at radius 3 is 3.00 bits per heavy atom. The van der Waals surface area contributed by atoms with E-state index in [1.54, 1.807) is 11.3 Å². The first kappa shape index (κ1) is 12.1. The first-order valence-corrected chi connectivity index (χ1v) is 7.14. The summed E-state index contributed by atoms with van der Waals surface area (Å²) in [5.74, 6) is 0. The van der Waals surface area contributed by atoms with Crippen molar-refractivity contribution in [3.63, 3.8) is 0 Å². The van der Waals surface area contributed by atoms with E-state index in [1.807, 2.05) is 0 Å². The molecule has 0 aliphatic heterocycles. The van der Waals surface area contributed by atoms with Gasteiger partial charge in [0.1, 0.15) is 0 Å². The Morgan fingerprint density at radius 1 is 1.56 bits per heavy atom. The zero-order chi connectivity index (χ0) is 11.4. The van der Waals surface area contributed by atoms with E-state index in [0.717, 1.165) is 12.6 Å². The van der Waals surface area contributed by atoms with Gasteiger partial charge in [0.05, 0.1) is 0 Å². The second-order valence-corrected chi connectivity index (χ2v) is 5.69. The van der Waals surface area contributed by atoms with Crippen molar-refractivity contribution in [1.29, 1.82) is 0 Å². The van der Waals surface area contributed by atoms with E-state index in [4.69, 9.17) is 0 Å². The summed E-state index contributed by atoms with van der Waals surface area (Å²) in [6.07, 6.45) is 4.02. The van der Waals surface area contributed by atoms with Gasteiger partial charge in [0, 0.05) is 18.6 Å². The lowest BCUT2D eigenvalue weighted by atomic mass is 10.2. The number of hydrogen-bond donors (Lipinski definition) is 1. The molecule has 0 bridgehead atoms. The average Bonchev–Trinajstić information content (AvgIpc) is 2.95. The normalized spacial score (nSPS) is 17.9. The number of hydrogen-bond acceptors (Lipinski definition) is 3. The van der Waals surface area contributed by atoms with Crippen molar-refractivity contribution in [2.24, 2.45) is 0 Å². The van der Waals surface area contributed by atoms with Crippen molar-refractivity contribution in [2.75, 3.05) is 13.6 Å². The largest absolute Gasteiger partial charge is 0.314 e. The van der Waals surface area contributed by atoms with Gasteiger partial charge in [-0.1, -0.05) is 0 Å². The van der Waals surface area contributed by atoms with E-state index in [1.165, 1.54) is 31.4 Å². The summed E-state index contributed by atoms with van der Waals surface area (Å²) in [5, 5.41) is 7.97. The van der Waals surface area contributed by atoms with Gasteiger partial charge in [-0.2, -0.15) is 11.3 Å². The monoisotopic (exact) mass is 238 g/mol. The summed E-state index contributed by atoms with van der Waals surface area (Å²) >= 11 is 1.78. The van der Waals surface area contributed by atoms with Crippen molar-refractivity contribution in [2.45, 2.75) is 44.8 Å². The Hall–Kier alpha value is -0.380. The van der Waals surface area contributed by atoms with Gasteiger partial charge in [-0.05, 0) is 62.2 Å². The number of nitrogens with zero attached hydrogens (tertiary/aromatic N) is 1. The van der Waals surface area contributed by atoms with Crippen LogP contribution in [0.1, 0.15) is 31.7 Å². The highest BCUT2D eigenvalue weighted by Crippen LogP contribution is 2.18. The second-order valence-electron chi connectivity index (χ2n) is 4.91.